The average molecular weight is 787 g/mol. The van der Waals surface area contributed by atoms with Crippen molar-refractivity contribution in [3.05, 3.63) is 280 Å². The van der Waals surface area contributed by atoms with Gasteiger partial charge in [-0.25, -0.2) is 0 Å². The lowest BCUT2D eigenvalue weighted by Gasteiger charge is -2.35. The van der Waals surface area contributed by atoms with E-state index in [0.29, 0.717) is 16.1 Å². The van der Waals surface area contributed by atoms with Crippen molar-refractivity contribution in [1.29, 1.82) is 0 Å². The first-order chi connectivity index (χ1) is 31.8. The molecule has 1 heterocycles. The molecule has 2 aliphatic carbocycles. The zero-order chi connectivity index (χ0) is 44.0. The Morgan fingerprint density at radius 3 is 1.40 bits per heavy atom. The molecule has 10 aromatic rings. The maximum absolute atomic E-state index is 9.88. The summed E-state index contributed by atoms with van der Waals surface area (Å²) >= 11 is 0.987. The predicted molar refractivity (Wildman–Crippen MR) is 251 cm³/mol. The monoisotopic (exact) mass is 786 g/mol. The summed E-state index contributed by atoms with van der Waals surface area (Å²) in [6.07, 6.45) is 0. The van der Waals surface area contributed by atoms with Gasteiger partial charge < -0.3 is 4.90 Å². The number of hydrogen-bond donors (Lipinski definition) is 0. The van der Waals surface area contributed by atoms with Crippen molar-refractivity contribution in [3.63, 3.8) is 0 Å². The molecule has 0 unspecified atom stereocenters. The molecule has 12 rings (SSSR count). The van der Waals surface area contributed by atoms with Crippen molar-refractivity contribution >= 4 is 38.5 Å². The highest BCUT2D eigenvalue weighted by molar-refractivity contribution is 7.17. The van der Waals surface area contributed by atoms with E-state index in [1.165, 1.54) is 11.1 Å². The Labute approximate surface area is 362 Å². The Kier molecular flexibility index (Phi) is 6.80. The molecule has 0 saturated carbocycles. The number of rotatable bonds is 7. The Bertz CT molecular complexity index is 3420. The van der Waals surface area contributed by atoms with E-state index in [0.717, 1.165) is 67.0 Å². The van der Waals surface area contributed by atoms with Gasteiger partial charge in [0.15, 0.2) is 0 Å². The topological polar surface area (TPSA) is 3.24 Å². The summed E-state index contributed by atoms with van der Waals surface area (Å²) in [7, 11) is 0. The van der Waals surface area contributed by atoms with E-state index in [9.17, 15) is 4.11 Å². The maximum atomic E-state index is 9.88. The molecule has 0 N–H and O–H groups in total. The summed E-state index contributed by atoms with van der Waals surface area (Å²) in [5.74, 6) is 0. The van der Waals surface area contributed by atoms with Crippen molar-refractivity contribution < 1.29 is 6.85 Å². The third-order valence-electron chi connectivity index (χ3n) is 12.7. The van der Waals surface area contributed by atoms with Gasteiger partial charge in [0.05, 0.1) is 17.7 Å². The highest BCUT2D eigenvalue weighted by Crippen LogP contribution is 2.59. The van der Waals surface area contributed by atoms with Crippen LogP contribution in [0.25, 0.3) is 32.3 Å². The number of fused-ring (bicyclic) bond motifs is 7. The molecule has 0 saturated heterocycles. The molecule has 60 heavy (non-hydrogen) atoms. The van der Waals surface area contributed by atoms with Crippen LogP contribution in [0.3, 0.4) is 0 Å². The molecular weight excluding hydrogens is 743 g/mol. The largest absolute Gasteiger partial charge is 0.310 e. The first-order valence-electron chi connectivity index (χ1n) is 22.9. The second kappa shape index (κ2) is 13.7. The van der Waals surface area contributed by atoms with Gasteiger partial charge in [0.2, 0.25) is 0 Å². The van der Waals surface area contributed by atoms with Crippen LogP contribution >= 0.6 is 11.3 Å². The zero-order valence-corrected chi connectivity index (χ0v) is 33.3. The van der Waals surface area contributed by atoms with Crippen LogP contribution in [-0.4, -0.2) is 0 Å². The van der Waals surface area contributed by atoms with Crippen molar-refractivity contribution in [2.45, 2.75) is 10.8 Å². The fourth-order valence-corrected chi connectivity index (χ4v) is 10.9. The van der Waals surface area contributed by atoms with E-state index in [-0.39, 0.29) is 40.6 Å². The molecular formula is C58H39NS. The highest BCUT2D eigenvalue weighted by atomic mass is 32.1. The van der Waals surface area contributed by atoms with Crippen LogP contribution in [0.2, 0.25) is 0 Å². The van der Waals surface area contributed by atoms with Gasteiger partial charge in [-0.1, -0.05) is 182 Å². The summed E-state index contributed by atoms with van der Waals surface area (Å²) in [6, 6.07) is 72.3. The molecule has 0 amide bonds. The smallest absolute Gasteiger partial charge is 0.0740 e. The minimum atomic E-state index is -0.710. The van der Waals surface area contributed by atoms with Crippen LogP contribution in [0.4, 0.5) is 17.1 Å². The first kappa shape index (κ1) is 29.9. The normalized spacial score (nSPS) is 15.1. The van der Waals surface area contributed by atoms with E-state index >= 15 is 0 Å². The van der Waals surface area contributed by atoms with Gasteiger partial charge >= 0.3 is 0 Å². The van der Waals surface area contributed by atoms with Gasteiger partial charge in [-0.05, 0) is 126 Å². The first-order valence-corrected chi connectivity index (χ1v) is 21.2. The van der Waals surface area contributed by atoms with Crippen LogP contribution in [0.1, 0.15) is 51.4 Å². The quantitative estimate of drug-likeness (QED) is 0.156. The Morgan fingerprint density at radius 1 is 0.367 bits per heavy atom. The Balaban J connectivity index is 1.17. The van der Waals surface area contributed by atoms with Gasteiger partial charge in [-0.3, -0.25) is 0 Å². The minimum Gasteiger partial charge on any atom is -0.310 e. The average Bonchev–Trinajstić information content (AvgIpc) is 3.96. The van der Waals surface area contributed by atoms with Gasteiger partial charge in [0, 0.05) is 21.8 Å². The van der Waals surface area contributed by atoms with E-state index in [1.54, 1.807) is 0 Å². The van der Waals surface area contributed by atoms with E-state index in [2.05, 4.69) is 194 Å². The SMILES string of the molecule is [2H]c1sc2c([2H])c([2H])c(N(c3ccc4c(c3)-c3ccccc3C4(c3ccccc3)c3ccccc3)c3ccc4c(c3)C(c3ccccc3)(c3ccccc3)c3ccccc3-4)c([2H])c2c1[2H]. The number of benzene rings is 9. The van der Waals surface area contributed by atoms with Gasteiger partial charge in [-0.2, -0.15) is 0 Å². The van der Waals surface area contributed by atoms with Crippen molar-refractivity contribution in [3.8, 4) is 22.3 Å². The standard InChI is InChI=1S/C58H39NS/c1-5-17-41(18-6-1)57(42-19-7-2-8-20-42)53-28-16-14-26-49(53)51-38-46(30-33-54(51)57)59(45-31-34-56-40(37-45)35-36-60-56)47-29-32-50-48-25-13-15-27-52(48)58(55(50)39-47,43-21-9-3-10-22-43)44-23-11-4-12-24-44/h1-39H/i31D,34D,35D,36D,37D. The second-order valence-electron chi connectivity index (χ2n) is 15.6. The molecule has 282 valence electrons. The predicted octanol–water partition coefficient (Wildman–Crippen LogP) is 15.1. The lowest BCUT2D eigenvalue weighted by atomic mass is 9.67. The molecule has 2 aliphatic rings. The molecule has 0 spiro atoms. The maximum Gasteiger partial charge on any atom is 0.0740 e. The highest BCUT2D eigenvalue weighted by Gasteiger charge is 2.48. The van der Waals surface area contributed by atoms with Crippen LogP contribution in [-0.2, 0) is 10.8 Å². The third kappa shape index (κ3) is 4.92. The van der Waals surface area contributed by atoms with Crippen LogP contribution in [0.15, 0.2) is 236 Å². The summed E-state index contributed by atoms with van der Waals surface area (Å²) < 4.78 is 46.8. The lowest BCUT2D eigenvalue weighted by Crippen LogP contribution is -2.28. The van der Waals surface area contributed by atoms with Crippen molar-refractivity contribution in [1.82, 2.24) is 0 Å². The van der Waals surface area contributed by atoms with E-state index in [4.69, 9.17) is 2.74 Å². The van der Waals surface area contributed by atoms with Crippen molar-refractivity contribution in [2.24, 2.45) is 0 Å². The fourth-order valence-electron chi connectivity index (χ4n) is 10.3. The number of hydrogen-bond acceptors (Lipinski definition) is 2. The summed E-state index contributed by atoms with van der Waals surface area (Å²) in [5, 5.41) is 0.194. The van der Waals surface area contributed by atoms with Gasteiger partial charge in [0.25, 0.3) is 0 Å². The molecule has 2 heteroatoms. The lowest BCUT2D eigenvalue weighted by molar-refractivity contribution is 0.768. The fraction of sp³-hybridized carbons (Fsp3) is 0.0345. The minimum absolute atomic E-state index is 0.0248. The molecule has 0 atom stereocenters. The molecule has 9 aromatic carbocycles. The number of nitrogens with zero attached hydrogens (tertiary/aromatic N) is 1. The molecule has 0 aliphatic heterocycles. The molecule has 0 bridgehead atoms. The van der Waals surface area contributed by atoms with Crippen molar-refractivity contribution in [2.75, 3.05) is 4.90 Å². The van der Waals surface area contributed by atoms with Gasteiger partial charge in [-0.15, -0.1) is 11.3 Å². The second-order valence-corrected chi connectivity index (χ2v) is 16.4. The Hall–Kier alpha value is -7.26. The van der Waals surface area contributed by atoms with Crippen LogP contribution < -0.4 is 4.90 Å². The Morgan fingerprint density at radius 2 is 0.817 bits per heavy atom. The van der Waals surface area contributed by atoms with E-state index in [1.807, 2.05) is 17.0 Å². The molecule has 0 fully saturated rings. The van der Waals surface area contributed by atoms with E-state index < -0.39 is 10.8 Å². The number of thiophene rings is 1. The summed E-state index contributed by atoms with van der Waals surface area (Å²) in [6.45, 7) is 0. The van der Waals surface area contributed by atoms with Crippen LogP contribution in [0, 0.1) is 0 Å². The van der Waals surface area contributed by atoms with Crippen LogP contribution in [0.5, 0.6) is 0 Å². The summed E-state index contributed by atoms with van der Waals surface area (Å²) in [5.41, 5.74) is 13.7. The molecule has 1 nitrogen and oxygen atoms in total. The number of anilines is 3. The zero-order valence-electron chi connectivity index (χ0n) is 37.5. The summed E-state index contributed by atoms with van der Waals surface area (Å²) in [4.78, 5) is 1.96. The molecule has 0 radical (unpaired) electrons. The van der Waals surface area contributed by atoms with Gasteiger partial charge in [0.1, 0.15) is 0 Å². The third-order valence-corrected chi connectivity index (χ3v) is 13.4. The molecule has 1 aromatic heterocycles.